The summed E-state index contributed by atoms with van der Waals surface area (Å²) in [6.45, 7) is 6.58. The molecule has 0 N–H and O–H groups in total. The molecule has 0 radical (unpaired) electrons. The molecule has 0 aliphatic carbocycles. The molecular formula is C10H20O4. The highest BCUT2D eigenvalue weighted by atomic mass is 16.7. The van der Waals surface area contributed by atoms with Crippen LogP contribution in [-0.2, 0) is 19.0 Å². The van der Waals surface area contributed by atoms with Crippen LogP contribution in [0, 0.1) is 5.41 Å². The second-order valence-electron chi connectivity index (χ2n) is 3.69. The lowest BCUT2D eigenvalue weighted by Crippen LogP contribution is -2.27. The van der Waals surface area contributed by atoms with E-state index in [2.05, 4.69) is 4.74 Å². The van der Waals surface area contributed by atoms with E-state index in [1.54, 1.807) is 7.11 Å². The van der Waals surface area contributed by atoms with Gasteiger partial charge in [0.25, 0.3) is 0 Å². The average Bonchev–Trinajstić information content (AvgIpc) is 2.17. The Hall–Kier alpha value is -0.610. The van der Waals surface area contributed by atoms with Crippen molar-refractivity contribution in [2.24, 2.45) is 5.41 Å². The third-order valence-electron chi connectivity index (χ3n) is 2.10. The van der Waals surface area contributed by atoms with E-state index >= 15 is 0 Å². The zero-order chi connectivity index (χ0) is 11.0. The van der Waals surface area contributed by atoms with Crippen molar-refractivity contribution in [3.8, 4) is 0 Å². The van der Waals surface area contributed by atoms with Crippen molar-refractivity contribution in [1.29, 1.82) is 0 Å². The molecule has 0 saturated heterocycles. The Morgan fingerprint density at radius 1 is 1.29 bits per heavy atom. The van der Waals surface area contributed by atoms with Gasteiger partial charge in [-0.2, -0.15) is 0 Å². The van der Waals surface area contributed by atoms with Crippen LogP contribution in [0.4, 0.5) is 0 Å². The SMILES string of the molecule is CCC(C)(C)C(=O)OCCOCOC. The van der Waals surface area contributed by atoms with Crippen molar-refractivity contribution in [3.63, 3.8) is 0 Å². The van der Waals surface area contributed by atoms with Gasteiger partial charge in [-0.1, -0.05) is 6.92 Å². The molecule has 14 heavy (non-hydrogen) atoms. The molecule has 0 rings (SSSR count). The van der Waals surface area contributed by atoms with Gasteiger partial charge in [0.15, 0.2) is 0 Å². The monoisotopic (exact) mass is 204 g/mol. The summed E-state index contributed by atoms with van der Waals surface area (Å²) in [5.41, 5.74) is -0.402. The number of rotatable bonds is 7. The Morgan fingerprint density at radius 3 is 2.43 bits per heavy atom. The van der Waals surface area contributed by atoms with E-state index in [4.69, 9.17) is 9.47 Å². The smallest absolute Gasteiger partial charge is 0.311 e. The van der Waals surface area contributed by atoms with E-state index in [0.29, 0.717) is 6.61 Å². The number of hydrogen-bond acceptors (Lipinski definition) is 4. The summed E-state index contributed by atoms with van der Waals surface area (Å²) in [4.78, 5) is 11.4. The molecule has 0 heterocycles. The molecular weight excluding hydrogens is 184 g/mol. The fraction of sp³-hybridized carbons (Fsp3) is 0.900. The molecule has 0 fully saturated rings. The summed E-state index contributed by atoms with van der Waals surface area (Å²) in [5.74, 6) is -0.180. The van der Waals surface area contributed by atoms with Gasteiger partial charge < -0.3 is 14.2 Å². The number of carbonyl (C=O) groups excluding carboxylic acids is 1. The zero-order valence-electron chi connectivity index (χ0n) is 9.46. The molecule has 0 amide bonds. The number of ether oxygens (including phenoxy) is 3. The predicted octanol–water partition coefficient (Wildman–Crippen LogP) is 1.59. The fourth-order valence-electron chi connectivity index (χ4n) is 0.675. The molecule has 4 heteroatoms. The third-order valence-corrected chi connectivity index (χ3v) is 2.10. The lowest BCUT2D eigenvalue weighted by Gasteiger charge is -2.20. The highest BCUT2D eigenvalue weighted by Crippen LogP contribution is 2.21. The summed E-state index contributed by atoms with van der Waals surface area (Å²) in [6, 6.07) is 0. The molecule has 0 unspecified atom stereocenters. The Bertz CT molecular complexity index is 166. The summed E-state index contributed by atoms with van der Waals surface area (Å²) in [5, 5.41) is 0. The summed E-state index contributed by atoms with van der Waals surface area (Å²) in [7, 11) is 1.55. The predicted molar refractivity (Wildman–Crippen MR) is 52.9 cm³/mol. The van der Waals surface area contributed by atoms with Crippen molar-refractivity contribution >= 4 is 5.97 Å². The quantitative estimate of drug-likeness (QED) is 0.359. The maximum atomic E-state index is 11.4. The van der Waals surface area contributed by atoms with Crippen LogP contribution < -0.4 is 0 Å². The molecule has 0 atom stereocenters. The summed E-state index contributed by atoms with van der Waals surface area (Å²) >= 11 is 0. The van der Waals surface area contributed by atoms with Crippen molar-refractivity contribution in [3.05, 3.63) is 0 Å². The highest BCUT2D eigenvalue weighted by molar-refractivity contribution is 5.75. The van der Waals surface area contributed by atoms with Gasteiger partial charge >= 0.3 is 5.97 Å². The first kappa shape index (κ1) is 13.4. The van der Waals surface area contributed by atoms with Crippen LogP contribution in [0.3, 0.4) is 0 Å². The standard InChI is InChI=1S/C10H20O4/c1-5-10(2,3)9(11)14-7-6-13-8-12-4/h5-8H2,1-4H3. The molecule has 0 aliphatic heterocycles. The van der Waals surface area contributed by atoms with Gasteiger partial charge in [0.05, 0.1) is 12.0 Å². The molecule has 0 bridgehead atoms. The lowest BCUT2D eigenvalue weighted by molar-refractivity contribution is -0.157. The van der Waals surface area contributed by atoms with E-state index < -0.39 is 5.41 Å². The van der Waals surface area contributed by atoms with Crippen LogP contribution in [0.1, 0.15) is 27.2 Å². The Morgan fingerprint density at radius 2 is 1.93 bits per heavy atom. The van der Waals surface area contributed by atoms with E-state index in [-0.39, 0.29) is 19.4 Å². The molecule has 84 valence electrons. The fourth-order valence-corrected chi connectivity index (χ4v) is 0.675. The number of esters is 1. The Balaban J connectivity index is 3.54. The second kappa shape index (κ2) is 6.79. The van der Waals surface area contributed by atoms with Gasteiger partial charge in [0.2, 0.25) is 0 Å². The lowest BCUT2D eigenvalue weighted by atomic mass is 9.91. The molecule has 4 nitrogen and oxygen atoms in total. The van der Waals surface area contributed by atoms with Crippen LogP contribution in [0.5, 0.6) is 0 Å². The van der Waals surface area contributed by atoms with Crippen molar-refractivity contribution in [2.45, 2.75) is 27.2 Å². The van der Waals surface area contributed by atoms with Gasteiger partial charge in [0.1, 0.15) is 13.4 Å². The van der Waals surface area contributed by atoms with Crippen molar-refractivity contribution in [1.82, 2.24) is 0 Å². The molecule has 0 aromatic heterocycles. The minimum atomic E-state index is -0.402. The second-order valence-corrected chi connectivity index (χ2v) is 3.69. The number of methoxy groups -OCH3 is 1. The Labute approximate surface area is 85.5 Å². The van der Waals surface area contributed by atoms with Gasteiger partial charge in [0, 0.05) is 7.11 Å². The largest absolute Gasteiger partial charge is 0.463 e. The molecule has 0 spiro atoms. The van der Waals surface area contributed by atoms with E-state index in [9.17, 15) is 4.79 Å². The Kier molecular flexibility index (Phi) is 6.49. The van der Waals surface area contributed by atoms with Gasteiger partial charge in [-0.3, -0.25) is 4.79 Å². The van der Waals surface area contributed by atoms with Crippen molar-refractivity contribution < 1.29 is 19.0 Å². The van der Waals surface area contributed by atoms with E-state index in [0.717, 1.165) is 6.42 Å². The van der Waals surface area contributed by atoms with Gasteiger partial charge in [-0.25, -0.2) is 0 Å². The van der Waals surface area contributed by atoms with E-state index in [1.165, 1.54) is 0 Å². The zero-order valence-corrected chi connectivity index (χ0v) is 9.46. The normalized spacial score (nSPS) is 11.4. The summed E-state index contributed by atoms with van der Waals surface area (Å²) in [6.07, 6.45) is 0.769. The van der Waals surface area contributed by atoms with Crippen LogP contribution in [-0.4, -0.2) is 33.1 Å². The maximum absolute atomic E-state index is 11.4. The average molecular weight is 204 g/mol. The van der Waals surface area contributed by atoms with Crippen LogP contribution >= 0.6 is 0 Å². The molecule has 0 saturated carbocycles. The minimum absolute atomic E-state index is 0.180. The number of carbonyl (C=O) groups is 1. The van der Waals surface area contributed by atoms with Crippen LogP contribution in [0.15, 0.2) is 0 Å². The first-order valence-corrected chi connectivity index (χ1v) is 4.78. The topological polar surface area (TPSA) is 44.8 Å². The summed E-state index contributed by atoms with van der Waals surface area (Å²) < 4.78 is 14.7. The molecule has 0 aromatic rings. The van der Waals surface area contributed by atoms with Gasteiger partial charge in [-0.05, 0) is 20.3 Å². The first-order valence-electron chi connectivity index (χ1n) is 4.78. The van der Waals surface area contributed by atoms with Crippen LogP contribution in [0.25, 0.3) is 0 Å². The maximum Gasteiger partial charge on any atom is 0.311 e. The molecule has 0 aromatic carbocycles. The first-order chi connectivity index (χ1) is 6.54. The van der Waals surface area contributed by atoms with Gasteiger partial charge in [-0.15, -0.1) is 0 Å². The highest BCUT2D eigenvalue weighted by Gasteiger charge is 2.26. The van der Waals surface area contributed by atoms with Crippen molar-refractivity contribution in [2.75, 3.05) is 27.1 Å². The molecule has 0 aliphatic rings. The van der Waals surface area contributed by atoms with E-state index in [1.807, 2.05) is 20.8 Å². The third kappa shape index (κ3) is 5.19. The van der Waals surface area contributed by atoms with Crippen LogP contribution in [0.2, 0.25) is 0 Å². The number of hydrogen-bond donors (Lipinski definition) is 0. The minimum Gasteiger partial charge on any atom is -0.463 e.